The summed E-state index contributed by atoms with van der Waals surface area (Å²) in [6.45, 7) is 2.91. The summed E-state index contributed by atoms with van der Waals surface area (Å²) in [5, 5.41) is 3.48. The monoisotopic (exact) mass is 276 g/mol. The lowest BCUT2D eigenvalue weighted by molar-refractivity contribution is -0.175. The summed E-state index contributed by atoms with van der Waals surface area (Å²) in [4.78, 5) is 24.3. The fourth-order valence-corrected chi connectivity index (χ4v) is 3.15. The van der Waals surface area contributed by atoms with Crippen molar-refractivity contribution in [1.29, 1.82) is 0 Å². The number of rotatable bonds is 2. The maximum absolute atomic E-state index is 13.3. The average molecular weight is 276 g/mol. The highest BCUT2D eigenvalue weighted by molar-refractivity contribution is 6.04. The van der Waals surface area contributed by atoms with Crippen LogP contribution in [0.25, 0.3) is 0 Å². The Hall–Kier alpha value is -1.75. The van der Waals surface area contributed by atoms with Crippen molar-refractivity contribution in [2.45, 2.75) is 38.3 Å². The highest BCUT2D eigenvalue weighted by Crippen LogP contribution is 2.36. The van der Waals surface area contributed by atoms with Gasteiger partial charge in [-0.25, -0.2) is 9.40 Å². The zero-order chi connectivity index (χ0) is 14.3. The van der Waals surface area contributed by atoms with Crippen molar-refractivity contribution >= 4 is 11.7 Å². The molecule has 0 aromatic heterocycles. The minimum Gasteiger partial charge on any atom is -0.297 e. The second kappa shape index (κ2) is 4.66. The van der Waals surface area contributed by atoms with Gasteiger partial charge in [-0.1, -0.05) is 12.1 Å². The summed E-state index contributed by atoms with van der Waals surface area (Å²) in [6.07, 6.45) is 1.62. The van der Waals surface area contributed by atoms with E-state index in [1.807, 2.05) is 11.9 Å². The van der Waals surface area contributed by atoms with Crippen LogP contribution < -0.4 is 0 Å². The van der Waals surface area contributed by atoms with Crippen molar-refractivity contribution in [3.63, 3.8) is 0 Å². The molecule has 0 aliphatic carbocycles. The van der Waals surface area contributed by atoms with E-state index in [2.05, 4.69) is 0 Å². The molecule has 2 aliphatic rings. The Balaban J connectivity index is 1.88. The largest absolute Gasteiger partial charge is 0.297 e. The quantitative estimate of drug-likeness (QED) is 0.775. The lowest BCUT2D eigenvalue weighted by Gasteiger charge is -2.45. The molecule has 1 aromatic carbocycles. The summed E-state index contributed by atoms with van der Waals surface area (Å²) in [5.74, 6) is -0.513. The summed E-state index contributed by atoms with van der Waals surface area (Å²) in [6, 6.07) is 6.23. The maximum atomic E-state index is 13.3. The number of ketones is 1. The van der Waals surface area contributed by atoms with Crippen molar-refractivity contribution in [2.24, 2.45) is 0 Å². The van der Waals surface area contributed by atoms with Gasteiger partial charge in [-0.15, -0.1) is 0 Å². The van der Waals surface area contributed by atoms with E-state index in [9.17, 15) is 14.0 Å². The Kier molecular flexibility index (Phi) is 3.09. The van der Waals surface area contributed by atoms with E-state index in [1.165, 1.54) is 12.1 Å². The smallest absolute Gasteiger partial charge is 0.244 e. The van der Waals surface area contributed by atoms with Gasteiger partial charge >= 0.3 is 0 Å². The van der Waals surface area contributed by atoms with E-state index in [0.717, 1.165) is 18.4 Å². The molecule has 106 valence electrons. The number of carbonyl (C=O) groups is 2. The van der Waals surface area contributed by atoms with Gasteiger partial charge in [-0.2, -0.15) is 0 Å². The van der Waals surface area contributed by atoms with Crippen LogP contribution in [0.2, 0.25) is 0 Å². The molecule has 0 N–H and O–H groups in total. The van der Waals surface area contributed by atoms with Gasteiger partial charge in [0.1, 0.15) is 5.82 Å². The molecule has 0 spiro atoms. The van der Waals surface area contributed by atoms with Crippen molar-refractivity contribution < 1.29 is 14.0 Å². The van der Waals surface area contributed by atoms with Crippen LogP contribution in [0.5, 0.6) is 0 Å². The lowest BCUT2D eigenvalue weighted by atomic mass is 9.90. The molecule has 0 bridgehead atoms. The van der Waals surface area contributed by atoms with Crippen molar-refractivity contribution in [3.05, 3.63) is 35.6 Å². The van der Waals surface area contributed by atoms with Gasteiger partial charge in [0.15, 0.2) is 5.78 Å². The van der Waals surface area contributed by atoms with Crippen molar-refractivity contribution in [2.75, 3.05) is 6.54 Å². The van der Waals surface area contributed by atoms with Gasteiger partial charge in [-0.3, -0.25) is 14.6 Å². The van der Waals surface area contributed by atoms with E-state index in [1.54, 1.807) is 17.1 Å². The Labute approximate surface area is 117 Å². The standard InChI is InChI=1S/C15H17FN2O2/c1-15-6-3-7-18(15)17(14(20)9-13(15)19)10-11-4-2-5-12(16)8-11/h2,4-5,8H,3,6-7,9-10H2,1H3/t15-/m1/s1. The van der Waals surface area contributed by atoms with Crippen LogP contribution >= 0.6 is 0 Å². The molecule has 2 saturated heterocycles. The van der Waals surface area contributed by atoms with Gasteiger partial charge in [0.05, 0.1) is 18.5 Å². The van der Waals surface area contributed by atoms with E-state index < -0.39 is 5.54 Å². The Morgan fingerprint density at radius 3 is 2.90 bits per heavy atom. The SMILES string of the molecule is C[C@]12CCCN1N(Cc1cccc(F)c1)C(=O)CC2=O. The molecule has 2 aliphatic heterocycles. The number of halogens is 1. The topological polar surface area (TPSA) is 40.6 Å². The molecule has 4 nitrogen and oxygen atoms in total. The molecule has 3 rings (SSSR count). The van der Waals surface area contributed by atoms with Gasteiger partial charge < -0.3 is 0 Å². The van der Waals surface area contributed by atoms with Gasteiger partial charge in [0.25, 0.3) is 0 Å². The number of fused-ring (bicyclic) bond motifs is 1. The molecule has 0 unspecified atom stereocenters. The van der Waals surface area contributed by atoms with Crippen LogP contribution in [-0.2, 0) is 16.1 Å². The normalized spacial score (nSPS) is 27.0. The second-order valence-corrected chi connectivity index (χ2v) is 5.68. The number of benzene rings is 1. The lowest BCUT2D eigenvalue weighted by Crippen LogP contribution is -2.62. The van der Waals surface area contributed by atoms with Crippen LogP contribution in [0.4, 0.5) is 4.39 Å². The Bertz CT molecular complexity index is 575. The Morgan fingerprint density at radius 2 is 2.15 bits per heavy atom. The third-order valence-electron chi connectivity index (χ3n) is 4.32. The zero-order valence-electron chi connectivity index (χ0n) is 11.4. The third kappa shape index (κ3) is 2.02. The average Bonchev–Trinajstić information content (AvgIpc) is 2.79. The molecule has 0 radical (unpaired) electrons. The van der Waals surface area contributed by atoms with Gasteiger partial charge in [-0.05, 0) is 37.5 Å². The molecule has 2 heterocycles. The van der Waals surface area contributed by atoms with Crippen molar-refractivity contribution in [3.8, 4) is 0 Å². The molecular weight excluding hydrogens is 259 g/mol. The number of hydrazine groups is 1. The molecule has 2 fully saturated rings. The van der Waals surface area contributed by atoms with E-state index >= 15 is 0 Å². The van der Waals surface area contributed by atoms with Crippen LogP contribution in [0.15, 0.2) is 24.3 Å². The highest BCUT2D eigenvalue weighted by atomic mass is 19.1. The second-order valence-electron chi connectivity index (χ2n) is 5.68. The number of hydrogen-bond donors (Lipinski definition) is 0. The van der Waals surface area contributed by atoms with Gasteiger partial charge in [0, 0.05) is 6.54 Å². The van der Waals surface area contributed by atoms with E-state index in [0.29, 0.717) is 13.1 Å². The first-order chi connectivity index (χ1) is 9.50. The van der Waals surface area contributed by atoms with Crippen LogP contribution in [0.1, 0.15) is 31.7 Å². The molecule has 1 atom stereocenters. The fourth-order valence-electron chi connectivity index (χ4n) is 3.15. The number of amides is 1. The first kappa shape index (κ1) is 13.2. The maximum Gasteiger partial charge on any atom is 0.244 e. The number of carbonyl (C=O) groups excluding carboxylic acids is 2. The summed E-state index contributed by atoms with van der Waals surface area (Å²) in [5.41, 5.74) is 0.170. The number of nitrogens with zero attached hydrogens (tertiary/aromatic N) is 2. The molecule has 5 heteroatoms. The molecule has 1 amide bonds. The van der Waals surface area contributed by atoms with Crippen molar-refractivity contribution in [1.82, 2.24) is 10.0 Å². The van der Waals surface area contributed by atoms with Crippen LogP contribution in [0, 0.1) is 5.82 Å². The molecular formula is C15H17FN2O2. The van der Waals surface area contributed by atoms with Crippen LogP contribution in [0.3, 0.4) is 0 Å². The molecule has 1 aromatic rings. The van der Waals surface area contributed by atoms with Gasteiger partial charge in [0.2, 0.25) is 5.91 Å². The Morgan fingerprint density at radius 1 is 1.35 bits per heavy atom. The third-order valence-corrected chi connectivity index (χ3v) is 4.32. The fraction of sp³-hybridized carbons (Fsp3) is 0.467. The van der Waals surface area contributed by atoms with E-state index in [-0.39, 0.29) is 23.9 Å². The first-order valence-electron chi connectivity index (χ1n) is 6.86. The summed E-state index contributed by atoms with van der Waals surface area (Å²) < 4.78 is 13.3. The summed E-state index contributed by atoms with van der Waals surface area (Å²) in [7, 11) is 0. The molecule has 0 saturated carbocycles. The zero-order valence-corrected chi connectivity index (χ0v) is 11.4. The predicted octanol–water partition coefficient (Wildman–Crippen LogP) is 1.90. The minimum absolute atomic E-state index is 0.00417. The van der Waals surface area contributed by atoms with E-state index in [4.69, 9.17) is 0 Å². The van der Waals surface area contributed by atoms with Crippen LogP contribution in [-0.4, -0.2) is 33.8 Å². The first-order valence-corrected chi connectivity index (χ1v) is 6.86. The molecule has 20 heavy (non-hydrogen) atoms. The summed E-state index contributed by atoms with van der Waals surface area (Å²) >= 11 is 0. The number of Topliss-reactive ketones (excluding diaryl/α,β-unsaturated/α-hetero) is 1. The minimum atomic E-state index is -0.568. The highest BCUT2D eigenvalue weighted by Gasteiger charge is 2.51. The number of hydrogen-bond acceptors (Lipinski definition) is 3. The predicted molar refractivity (Wildman–Crippen MR) is 70.9 cm³/mol.